The number of rotatable bonds is 8. The van der Waals surface area contributed by atoms with E-state index in [2.05, 4.69) is 428 Å². The van der Waals surface area contributed by atoms with E-state index in [1.165, 1.54) is 293 Å². The Labute approximate surface area is 939 Å². The summed E-state index contributed by atoms with van der Waals surface area (Å²) in [4.78, 5) is 28.9. The molecule has 26 rings (SSSR count). The molecule has 12 aromatic heterocycles. The summed E-state index contributed by atoms with van der Waals surface area (Å²) in [5.41, 5.74) is 22.3. The van der Waals surface area contributed by atoms with Gasteiger partial charge in [-0.05, 0) is 407 Å². The molecule has 17 heteroatoms. The number of allylic oxidation sites excluding steroid dienone is 1. The number of halogens is 4. The van der Waals surface area contributed by atoms with Gasteiger partial charge in [-0.25, -0.2) is 0 Å². The summed E-state index contributed by atoms with van der Waals surface area (Å²) in [5.74, 6) is 0.506. The fraction of sp³-hybridized carbons (Fsp3) is 0.297. The van der Waals surface area contributed by atoms with Gasteiger partial charge in [0.25, 0.3) is 0 Å². The predicted octanol–water partition coefficient (Wildman–Crippen LogP) is 46.6. The van der Waals surface area contributed by atoms with Crippen molar-refractivity contribution in [3.63, 3.8) is 0 Å². The molecule has 0 saturated heterocycles. The zero-order valence-electron chi connectivity index (χ0n) is 87.9. The van der Waals surface area contributed by atoms with Crippen LogP contribution in [0.5, 0.6) is 0 Å². The summed E-state index contributed by atoms with van der Waals surface area (Å²) in [6.07, 6.45) is 5.80. The van der Waals surface area contributed by atoms with Crippen molar-refractivity contribution >= 4 is 370 Å². The van der Waals surface area contributed by atoms with E-state index in [9.17, 15) is 0 Å². The van der Waals surface area contributed by atoms with Crippen LogP contribution in [0.3, 0.4) is 0 Å². The third-order valence-corrected chi connectivity index (χ3v) is 56.7. The van der Waals surface area contributed by atoms with Gasteiger partial charge in [0, 0.05) is 119 Å². The average molecular weight is 2480 g/mol. The van der Waals surface area contributed by atoms with Crippen LogP contribution in [0.4, 0.5) is 0 Å². The van der Waals surface area contributed by atoms with E-state index >= 15 is 0 Å². The monoisotopic (exact) mass is 2480 g/mol. The molecule has 12 heterocycles. The van der Waals surface area contributed by atoms with Gasteiger partial charge in [-0.15, -0.1) is 90.7 Å². The maximum absolute atomic E-state index is 3.81. The fourth-order valence-electron chi connectivity index (χ4n) is 22.5. The van der Waals surface area contributed by atoms with Crippen molar-refractivity contribution in [2.45, 2.75) is 246 Å². The largest absolute Gasteiger partial charge is 0.140 e. The Balaban J connectivity index is 0.000000111. The molecule has 2 aliphatic carbocycles. The summed E-state index contributed by atoms with van der Waals surface area (Å²) in [5, 5.41) is 31.2. The Morgan fingerprint density at radius 3 is 0.910 bits per heavy atom. The van der Waals surface area contributed by atoms with Crippen LogP contribution >= 0.6 is 200 Å². The maximum Gasteiger partial charge on any atom is 0.0478 e. The zero-order valence-corrected chi connectivity index (χ0v) is 107. The summed E-state index contributed by atoms with van der Waals surface area (Å²) in [6.45, 7) is 57.9. The molecule has 0 bridgehead atoms. The van der Waals surface area contributed by atoms with E-state index < -0.39 is 18.4 Å². The second kappa shape index (κ2) is 36.4. The minimum absolute atomic E-state index is 0.0456. The van der Waals surface area contributed by atoms with Crippen LogP contribution in [-0.2, 0) is 51.8 Å². The molecule has 0 saturated carbocycles. The van der Waals surface area contributed by atoms with Crippen molar-refractivity contribution in [1.82, 2.24) is 0 Å². The van der Waals surface area contributed by atoms with Crippen LogP contribution in [0.1, 0.15) is 233 Å². The van der Waals surface area contributed by atoms with Crippen molar-refractivity contribution in [2.24, 2.45) is 0 Å². The van der Waals surface area contributed by atoms with Crippen LogP contribution in [0.15, 0.2) is 185 Å². The molecule has 736 valence electrons. The van der Waals surface area contributed by atoms with Crippen LogP contribution in [0.25, 0.3) is 198 Å². The molecule has 0 fully saturated rings. The first-order valence-electron chi connectivity index (χ1n) is 50.4. The Morgan fingerprint density at radius 2 is 0.545 bits per heavy atom. The van der Waals surface area contributed by atoms with Gasteiger partial charge >= 0.3 is 177 Å². The molecule has 0 aliphatic heterocycles. The minimum Gasteiger partial charge on any atom is -0.140 e. The van der Waals surface area contributed by atoms with Gasteiger partial charge in [0.1, 0.15) is 0 Å². The molecule has 1 atom stereocenters. The van der Waals surface area contributed by atoms with Gasteiger partial charge in [-0.2, -0.15) is 0 Å². The summed E-state index contributed by atoms with van der Waals surface area (Å²) in [6, 6.07) is 67.4. The topological polar surface area (TPSA) is 0 Å². The van der Waals surface area contributed by atoms with Gasteiger partial charge in [-0.1, -0.05) is 143 Å². The van der Waals surface area contributed by atoms with Gasteiger partial charge in [0.15, 0.2) is 0 Å². The van der Waals surface area contributed by atoms with Crippen LogP contribution in [-0.4, -0.2) is 18.4 Å². The van der Waals surface area contributed by atoms with Gasteiger partial charge < -0.3 is 0 Å². The second-order valence-electron chi connectivity index (χ2n) is 48.3. The third kappa shape index (κ3) is 18.0. The third-order valence-electron chi connectivity index (χ3n) is 30.4. The minimum atomic E-state index is -1.99. The molecular weight excluding hydrogens is 2360 g/mol. The van der Waals surface area contributed by atoms with Crippen LogP contribution in [0.2, 0.25) is 14.8 Å². The summed E-state index contributed by atoms with van der Waals surface area (Å²) < 4.78 is 12.0. The van der Waals surface area contributed by atoms with Crippen molar-refractivity contribution in [3.8, 4) is 48.8 Å². The maximum atomic E-state index is 3.81. The van der Waals surface area contributed by atoms with Crippen molar-refractivity contribution in [2.75, 3.05) is 0 Å². The van der Waals surface area contributed by atoms with E-state index in [1.807, 2.05) is 136 Å². The normalized spacial score (nSPS) is 14.2. The van der Waals surface area contributed by atoms with Crippen LogP contribution < -0.4 is 2.89 Å². The van der Waals surface area contributed by atoms with E-state index in [4.69, 9.17) is 0 Å². The number of thiophene rings is 12. The Bertz CT molecular complexity index is 8730. The second-order valence-corrected chi connectivity index (χ2v) is 82.7. The quantitative estimate of drug-likeness (QED) is 0.105. The zero-order chi connectivity index (χ0) is 102. The van der Waals surface area contributed by atoms with Gasteiger partial charge in [0.05, 0.1) is 15.1 Å². The fourth-order valence-corrected chi connectivity index (χ4v) is 43.7. The van der Waals surface area contributed by atoms with Crippen molar-refractivity contribution in [1.29, 1.82) is 0 Å². The molecule has 12 aromatic carbocycles. The Morgan fingerprint density at radius 1 is 0.248 bits per heavy atom. The van der Waals surface area contributed by atoms with Crippen LogP contribution in [0, 0.1) is 48.5 Å². The van der Waals surface area contributed by atoms with E-state index in [0.29, 0.717) is 5.92 Å². The molecule has 2 aliphatic rings. The molecule has 0 nitrogen and oxygen atoms in total. The van der Waals surface area contributed by atoms with Gasteiger partial charge in [-0.3, -0.25) is 0 Å². The first-order valence-corrected chi connectivity index (χ1v) is 73.4. The number of aryl methyl sites for hydroxylation is 7. The SMILES string of the molecule is CC(C)(C)c1cc2c3cc(Br)sc3c3cc(C(C)(C)C)cc4c5cc(Br)sc5c(c1)c2c43.CC(C)(C)c1cc2c3cc(Br)sc3c3cc(C(C)(C)C)cc4c5sc(Br)cc5c(c1)c2c34.Cc1cc(C)c(-c2ccc(-c3ccc(-c4s[c]([Sn]([CH3])([CH3])[CH3])cc4C)s3)s2)s1.Cc1ccc(-c2sc(C3=Cc4c(c5cc(C(C)(C)C)cc6c7c(c8cc(C(C)(C)C)cc4c8c56)CC(c4cc(C)c(-c5ccc(C)s5)s4)C7)C3)cc2C)s1. The molecule has 0 spiro atoms. The molecule has 0 N–H and O–H groups in total. The Kier molecular flexibility index (Phi) is 25.6. The molecular formula is C128H120Br4S12Sn. The predicted molar refractivity (Wildman–Crippen MR) is 682 cm³/mol. The molecule has 0 amide bonds. The first kappa shape index (κ1) is 102. The van der Waals surface area contributed by atoms with E-state index in [1.54, 1.807) is 18.9 Å². The summed E-state index contributed by atoms with van der Waals surface area (Å²) in [7, 11) is 0. The number of benzene rings is 12. The van der Waals surface area contributed by atoms with E-state index in [-0.39, 0.29) is 32.5 Å². The Hall–Kier alpha value is -6.34. The smallest absolute Gasteiger partial charge is 0.0478 e. The van der Waals surface area contributed by atoms with Crippen molar-refractivity contribution < 1.29 is 0 Å². The van der Waals surface area contributed by atoms with Crippen molar-refractivity contribution in [3.05, 3.63) is 287 Å². The molecule has 145 heavy (non-hydrogen) atoms. The van der Waals surface area contributed by atoms with E-state index in [0.717, 1.165) is 19.3 Å². The average Bonchev–Trinajstić information content (AvgIpc) is 1.61. The first-order chi connectivity index (χ1) is 68.2. The molecule has 0 radical (unpaired) electrons. The standard InChI is InChI=1S/C50H48S4.2C28H24Br2S2.C19H15S4.3CH3.Sn/c1-25-15-43(53-47(25)41-13-11-27(3)51-41)29-17-33-34(18-29)38-22-32(50(8,9)10)24-40-36-20-30(44-16-26(2)48(54-44)42-14-12-28(4)52-42)19-35(36)39-23-31(49(5,6)7)21-37(33)45(39)46(38)40;1-27(2,3)13-7-15-17-11-21(29)32-26(17)20-10-14(28(4,5)6)8-16-18-12-22(30)31-25(18)19(9-13)23(15)24(16)20;1-27(2,3)13-7-15-17-11-21(29)31-25(17)19-9-14(28(4,5)6)10-20-24(19)23(15)16(8-13)18-12-22(30)32-26(18)20;1-11-8-9-20-18(11)16-6-4-14(22-16)15-5-7-17(23-15)19-12(2)10-13(3)21-19;;;;/h11-17,21-24,30H,18-20H2,1-10H3;2*7-12H,1-6H3;4-8,10H,1-3H3;3*1H3;. The van der Waals surface area contributed by atoms with Gasteiger partial charge in [0.2, 0.25) is 0 Å². The molecule has 24 aromatic rings. The number of fused-ring (bicyclic) bond motifs is 18. The summed E-state index contributed by atoms with van der Waals surface area (Å²) >= 11 is 36.4. The number of hydrogen-bond donors (Lipinski definition) is 0. The number of hydrogen-bond acceptors (Lipinski definition) is 12. The molecule has 1 unspecified atom stereocenters.